The van der Waals surface area contributed by atoms with Gasteiger partial charge in [-0.15, -0.1) is 0 Å². The number of rotatable bonds is 4. The number of aryl methyl sites for hydroxylation is 2. The van der Waals surface area contributed by atoms with E-state index in [1.54, 1.807) is 19.1 Å². The fourth-order valence-corrected chi connectivity index (χ4v) is 3.14. The van der Waals surface area contributed by atoms with Crippen LogP contribution in [0.25, 0.3) is 0 Å². The first kappa shape index (κ1) is 16.3. The van der Waals surface area contributed by atoms with Crippen molar-refractivity contribution in [2.45, 2.75) is 32.2 Å². The standard InChI is InChI=1S/C19H23N3O2/c1-2-24-19(23)22-17-9-8-15(11-16(17)20)18(21)14-7-6-12-4-3-5-13(12)10-14/h6-11,18H,2-5,20-21H2,1H3,(H,22,23). The third-order valence-electron chi connectivity index (χ3n) is 4.43. The Kier molecular flexibility index (Phi) is 4.71. The van der Waals surface area contributed by atoms with Crippen LogP contribution in [-0.4, -0.2) is 12.7 Å². The summed E-state index contributed by atoms with van der Waals surface area (Å²) in [7, 11) is 0. The van der Waals surface area contributed by atoms with Crippen LogP contribution in [-0.2, 0) is 17.6 Å². The normalized spacial score (nSPS) is 14.1. The van der Waals surface area contributed by atoms with Crippen LogP contribution in [0.2, 0.25) is 0 Å². The number of nitrogens with one attached hydrogen (secondary N) is 1. The van der Waals surface area contributed by atoms with E-state index in [9.17, 15) is 4.79 Å². The lowest BCUT2D eigenvalue weighted by molar-refractivity contribution is 0.168. The zero-order chi connectivity index (χ0) is 17.1. The molecule has 0 aliphatic heterocycles. The summed E-state index contributed by atoms with van der Waals surface area (Å²) in [5.74, 6) is 0. The summed E-state index contributed by atoms with van der Waals surface area (Å²) in [6.07, 6.45) is 2.99. The second kappa shape index (κ2) is 6.93. The van der Waals surface area contributed by atoms with Gasteiger partial charge in [0.1, 0.15) is 0 Å². The molecule has 5 N–H and O–H groups in total. The fourth-order valence-electron chi connectivity index (χ4n) is 3.14. The van der Waals surface area contributed by atoms with Crippen molar-refractivity contribution in [1.29, 1.82) is 0 Å². The van der Waals surface area contributed by atoms with Crippen molar-refractivity contribution in [3.63, 3.8) is 0 Å². The van der Waals surface area contributed by atoms with Crippen LogP contribution in [0.5, 0.6) is 0 Å². The Balaban J connectivity index is 1.79. The van der Waals surface area contributed by atoms with Crippen molar-refractivity contribution >= 4 is 17.5 Å². The first-order chi connectivity index (χ1) is 11.6. The number of ether oxygens (including phenoxy) is 1. The van der Waals surface area contributed by atoms with E-state index in [4.69, 9.17) is 16.2 Å². The van der Waals surface area contributed by atoms with Gasteiger partial charge in [-0.05, 0) is 60.6 Å². The lowest BCUT2D eigenvalue weighted by atomic mass is 9.96. The maximum absolute atomic E-state index is 11.5. The van der Waals surface area contributed by atoms with Crippen LogP contribution >= 0.6 is 0 Å². The number of anilines is 2. The average Bonchev–Trinajstić information content (AvgIpc) is 3.04. The molecule has 0 aromatic heterocycles. The highest BCUT2D eigenvalue weighted by molar-refractivity contribution is 5.89. The van der Waals surface area contributed by atoms with Gasteiger partial charge in [-0.1, -0.05) is 24.3 Å². The monoisotopic (exact) mass is 325 g/mol. The summed E-state index contributed by atoms with van der Waals surface area (Å²) < 4.78 is 4.86. The Labute approximate surface area is 142 Å². The van der Waals surface area contributed by atoms with Crippen molar-refractivity contribution in [3.05, 3.63) is 58.7 Å². The van der Waals surface area contributed by atoms with Gasteiger partial charge in [0.05, 0.1) is 24.0 Å². The molecule has 5 heteroatoms. The molecule has 1 aliphatic rings. The number of hydrogen-bond acceptors (Lipinski definition) is 4. The molecular weight excluding hydrogens is 302 g/mol. The maximum atomic E-state index is 11.5. The van der Waals surface area contributed by atoms with Crippen LogP contribution in [0.4, 0.5) is 16.2 Å². The van der Waals surface area contributed by atoms with Crippen LogP contribution in [0.3, 0.4) is 0 Å². The molecular formula is C19H23N3O2. The molecule has 0 spiro atoms. The number of hydrogen-bond donors (Lipinski definition) is 3. The van der Waals surface area contributed by atoms with Crippen LogP contribution in [0.15, 0.2) is 36.4 Å². The highest BCUT2D eigenvalue weighted by atomic mass is 16.5. The van der Waals surface area contributed by atoms with Crippen LogP contribution in [0.1, 0.15) is 41.6 Å². The molecule has 0 saturated carbocycles. The molecule has 0 bridgehead atoms. The molecule has 24 heavy (non-hydrogen) atoms. The largest absolute Gasteiger partial charge is 0.450 e. The van der Waals surface area contributed by atoms with E-state index >= 15 is 0 Å². The topological polar surface area (TPSA) is 90.4 Å². The van der Waals surface area contributed by atoms with Gasteiger partial charge in [0.15, 0.2) is 0 Å². The van der Waals surface area contributed by atoms with Gasteiger partial charge in [-0.2, -0.15) is 0 Å². The molecule has 5 nitrogen and oxygen atoms in total. The van der Waals surface area contributed by atoms with E-state index in [0.29, 0.717) is 18.0 Å². The van der Waals surface area contributed by atoms with Gasteiger partial charge in [0, 0.05) is 0 Å². The smallest absolute Gasteiger partial charge is 0.411 e. The Morgan fingerprint density at radius 2 is 1.88 bits per heavy atom. The molecule has 1 atom stereocenters. The molecule has 0 radical (unpaired) electrons. The second-order valence-corrected chi connectivity index (χ2v) is 6.05. The van der Waals surface area contributed by atoms with Gasteiger partial charge in [-0.3, -0.25) is 5.32 Å². The average molecular weight is 325 g/mol. The van der Waals surface area contributed by atoms with Crippen molar-refractivity contribution in [2.75, 3.05) is 17.7 Å². The van der Waals surface area contributed by atoms with Gasteiger partial charge in [0.25, 0.3) is 0 Å². The third-order valence-corrected chi connectivity index (χ3v) is 4.43. The first-order valence-corrected chi connectivity index (χ1v) is 8.29. The minimum absolute atomic E-state index is 0.241. The van der Waals surface area contributed by atoms with Crippen LogP contribution < -0.4 is 16.8 Å². The third kappa shape index (κ3) is 3.36. The highest BCUT2D eigenvalue weighted by Crippen LogP contribution is 2.29. The van der Waals surface area contributed by atoms with E-state index in [1.807, 2.05) is 6.07 Å². The number of nitrogens with two attached hydrogens (primary N) is 2. The quantitative estimate of drug-likeness (QED) is 0.752. The van der Waals surface area contributed by atoms with Crippen molar-refractivity contribution in [1.82, 2.24) is 0 Å². The van der Waals surface area contributed by atoms with Gasteiger partial charge < -0.3 is 16.2 Å². The molecule has 126 valence electrons. The van der Waals surface area contributed by atoms with E-state index in [-0.39, 0.29) is 6.04 Å². The summed E-state index contributed by atoms with van der Waals surface area (Å²) in [5, 5.41) is 2.62. The number of carbonyl (C=O) groups excluding carboxylic acids is 1. The predicted octanol–water partition coefficient (Wildman–Crippen LogP) is 3.37. The summed E-state index contributed by atoms with van der Waals surface area (Å²) in [4.78, 5) is 11.5. The Morgan fingerprint density at radius 1 is 1.17 bits per heavy atom. The maximum Gasteiger partial charge on any atom is 0.411 e. The lowest BCUT2D eigenvalue weighted by Gasteiger charge is -2.16. The minimum Gasteiger partial charge on any atom is -0.450 e. The second-order valence-electron chi connectivity index (χ2n) is 6.05. The molecule has 2 aromatic rings. The first-order valence-electron chi connectivity index (χ1n) is 8.29. The molecule has 0 fully saturated rings. The van der Waals surface area contributed by atoms with Gasteiger partial charge >= 0.3 is 6.09 Å². The molecule has 0 saturated heterocycles. The van der Waals surface area contributed by atoms with E-state index in [1.165, 1.54) is 17.5 Å². The van der Waals surface area contributed by atoms with Gasteiger partial charge in [-0.25, -0.2) is 4.79 Å². The van der Waals surface area contributed by atoms with Gasteiger partial charge in [0.2, 0.25) is 0 Å². The van der Waals surface area contributed by atoms with Crippen molar-refractivity contribution < 1.29 is 9.53 Å². The summed E-state index contributed by atoms with van der Waals surface area (Å²) in [6.45, 7) is 2.06. The molecule has 1 unspecified atom stereocenters. The minimum atomic E-state index is -0.514. The fraction of sp³-hybridized carbons (Fsp3) is 0.316. The van der Waals surface area contributed by atoms with E-state index in [2.05, 4.69) is 23.5 Å². The lowest BCUT2D eigenvalue weighted by Crippen LogP contribution is -2.16. The molecule has 1 aliphatic carbocycles. The Hall–Kier alpha value is -2.53. The number of amides is 1. The summed E-state index contributed by atoms with van der Waals surface area (Å²) in [5.41, 5.74) is 18.3. The molecule has 3 rings (SSSR count). The van der Waals surface area contributed by atoms with E-state index < -0.39 is 6.09 Å². The Morgan fingerprint density at radius 3 is 2.62 bits per heavy atom. The number of carbonyl (C=O) groups is 1. The molecule has 2 aromatic carbocycles. The van der Waals surface area contributed by atoms with E-state index in [0.717, 1.165) is 24.0 Å². The number of benzene rings is 2. The summed E-state index contributed by atoms with van der Waals surface area (Å²) >= 11 is 0. The number of fused-ring (bicyclic) bond motifs is 1. The SMILES string of the molecule is CCOC(=O)Nc1ccc(C(N)c2ccc3c(c2)CCC3)cc1N. The molecule has 1 amide bonds. The molecule has 0 heterocycles. The van der Waals surface area contributed by atoms with Crippen molar-refractivity contribution in [2.24, 2.45) is 5.73 Å². The Bertz CT molecular complexity index is 758. The number of nitrogen functional groups attached to an aromatic ring is 1. The van der Waals surface area contributed by atoms with Crippen LogP contribution in [0, 0.1) is 0 Å². The highest BCUT2D eigenvalue weighted by Gasteiger charge is 2.16. The zero-order valence-electron chi connectivity index (χ0n) is 13.8. The zero-order valence-corrected chi connectivity index (χ0v) is 13.8. The van der Waals surface area contributed by atoms with Crippen molar-refractivity contribution in [3.8, 4) is 0 Å². The predicted molar refractivity (Wildman–Crippen MR) is 96.0 cm³/mol. The summed E-state index contributed by atoms with van der Waals surface area (Å²) in [6, 6.07) is 11.7.